The number of anilines is 1. The summed E-state index contributed by atoms with van der Waals surface area (Å²) in [5, 5.41) is 6.13. The molecule has 0 aliphatic rings. The first kappa shape index (κ1) is 13.6. The summed E-state index contributed by atoms with van der Waals surface area (Å²) in [5.74, 6) is 0.0119. The van der Waals surface area contributed by atoms with Gasteiger partial charge in [0, 0.05) is 24.7 Å². The zero-order valence-corrected chi connectivity index (χ0v) is 11.0. The van der Waals surface area contributed by atoms with Gasteiger partial charge in [0.05, 0.1) is 11.4 Å². The van der Waals surface area contributed by atoms with Gasteiger partial charge in [-0.2, -0.15) is 0 Å². The fourth-order valence-corrected chi connectivity index (χ4v) is 1.38. The minimum absolute atomic E-state index is 0.0119. The summed E-state index contributed by atoms with van der Waals surface area (Å²) >= 11 is 0. The van der Waals surface area contributed by atoms with Gasteiger partial charge in [-0.05, 0) is 39.8 Å². The van der Waals surface area contributed by atoms with Crippen molar-refractivity contribution in [3.63, 3.8) is 0 Å². The lowest BCUT2D eigenvalue weighted by Gasteiger charge is -2.20. The number of nitrogens with zero attached hydrogens (tertiary/aromatic N) is 1. The lowest BCUT2D eigenvalue weighted by Crippen LogP contribution is -2.37. The van der Waals surface area contributed by atoms with E-state index in [9.17, 15) is 4.79 Å². The quantitative estimate of drug-likeness (QED) is 0.840. The van der Waals surface area contributed by atoms with Crippen LogP contribution in [0.5, 0.6) is 0 Å². The van der Waals surface area contributed by atoms with Crippen molar-refractivity contribution in [3.05, 3.63) is 24.0 Å². The van der Waals surface area contributed by atoms with Crippen molar-refractivity contribution in [2.24, 2.45) is 0 Å². The van der Waals surface area contributed by atoms with Gasteiger partial charge in [-0.3, -0.25) is 9.78 Å². The van der Waals surface area contributed by atoms with Gasteiger partial charge in [0.15, 0.2) is 0 Å². The first-order chi connectivity index (χ1) is 7.88. The molecule has 1 aromatic rings. The third kappa shape index (κ3) is 5.45. The Balaban J connectivity index is 2.38. The molecule has 0 atom stereocenters. The molecular weight excluding hydrogens is 214 g/mol. The van der Waals surface area contributed by atoms with Crippen molar-refractivity contribution >= 4 is 11.6 Å². The fraction of sp³-hybridized carbons (Fsp3) is 0.538. The SMILES string of the molecule is Cc1ncccc1NC(=O)CCNC(C)(C)C. The van der Waals surface area contributed by atoms with Gasteiger partial charge in [-0.25, -0.2) is 0 Å². The number of nitrogens with one attached hydrogen (secondary N) is 2. The number of carbonyl (C=O) groups excluding carboxylic acids is 1. The second-order valence-corrected chi connectivity index (χ2v) is 5.11. The molecule has 4 heteroatoms. The van der Waals surface area contributed by atoms with Crippen LogP contribution in [0.2, 0.25) is 0 Å². The monoisotopic (exact) mass is 235 g/mol. The molecule has 0 fully saturated rings. The third-order valence-electron chi connectivity index (χ3n) is 2.29. The standard InChI is InChI=1S/C13H21N3O/c1-10-11(6-5-8-14-10)16-12(17)7-9-15-13(2,3)4/h5-6,8,15H,7,9H2,1-4H3,(H,16,17). The van der Waals surface area contributed by atoms with E-state index in [2.05, 4.69) is 36.4 Å². The van der Waals surface area contributed by atoms with Crippen LogP contribution in [0.15, 0.2) is 18.3 Å². The molecule has 0 saturated carbocycles. The van der Waals surface area contributed by atoms with Gasteiger partial charge in [0.1, 0.15) is 0 Å². The van der Waals surface area contributed by atoms with Gasteiger partial charge >= 0.3 is 0 Å². The molecule has 0 aromatic carbocycles. The summed E-state index contributed by atoms with van der Waals surface area (Å²) in [6, 6.07) is 3.67. The highest BCUT2D eigenvalue weighted by Gasteiger charge is 2.10. The van der Waals surface area contributed by atoms with Crippen molar-refractivity contribution in [1.29, 1.82) is 0 Å². The molecular formula is C13H21N3O. The van der Waals surface area contributed by atoms with Gasteiger partial charge in [0.25, 0.3) is 0 Å². The van der Waals surface area contributed by atoms with Gasteiger partial charge < -0.3 is 10.6 Å². The summed E-state index contributed by atoms with van der Waals surface area (Å²) in [7, 11) is 0. The number of pyridine rings is 1. The van der Waals surface area contributed by atoms with Gasteiger partial charge in [0.2, 0.25) is 5.91 Å². The zero-order valence-electron chi connectivity index (χ0n) is 11.0. The molecule has 1 amide bonds. The van der Waals surface area contributed by atoms with E-state index < -0.39 is 0 Å². The Kier molecular flexibility index (Phi) is 4.63. The molecule has 2 N–H and O–H groups in total. The molecule has 94 valence electrons. The Morgan fingerprint density at radius 2 is 2.12 bits per heavy atom. The first-order valence-corrected chi connectivity index (χ1v) is 5.85. The van der Waals surface area contributed by atoms with Crippen LogP contribution in [0.1, 0.15) is 32.9 Å². The summed E-state index contributed by atoms with van der Waals surface area (Å²) in [4.78, 5) is 15.8. The van der Waals surface area contributed by atoms with E-state index >= 15 is 0 Å². The maximum absolute atomic E-state index is 11.7. The van der Waals surface area contributed by atoms with Crippen molar-refractivity contribution in [2.45, 2.75) is 39.7 Å². The predicted molar refractivity (Wildman–Crippen MR) is 70.0 cm³/mol. The van der Waals surface area contributed by atoms with Crippen LogP contribution < -0.4 is 10.6 Å². The third-order valence-corrected chi connectivity index (χ3v) is 2.29. The molecule has 0 unspecified atom stereocenters. The van der Waals surface area contributed by atoms with Crippen LogP contribution >= 0.6 is 0 Å². The Morgan fingerprint density at radius 1 is 1.41 bits per heavy atom. The number of hydrogen-bond acceptors (Lipinski definition) is 3. The molecule has 0 aliphatic carbocycles. The maximum Gasteiger partial charge on any atom is 0.225 e. The molecule has 1 rings (SSSR count). The molecule has 4 nitrogen and oxygen atoms in total. The summed E-state index contributed by atoms with van der Waals surface area (Å²) in [6.45, 7) is 8.79. The molecule has 17 heavy (non-hydrogen) atoms. The summed E-state index contributed by atoms with van der Waals surface area (Å²) in [5.41, 5.74) is 1.67. The average Bonchev–Trinajstić information content (AvgIpc) is 2.19. The number of aryl methyl sites for hydroxylation is 1. The number of rotatable bonds is 4. The van der Waals surface area contributed by atoms with E-state index in [-0.39, 0.29) is 11.4 Å². The number of amides is 1. The number of aromatic nitrogens is 1. The van der Waals surface area contributed by atoms with Crippen molar-refractivity contribution in [3.8, 4) is 0 Å². The number of hydrogen-bond donors (Lipinski definition) is 2. The summed E-state index contributed by atoms with van der Waals surface area (Å²) in [6.07, 6.45) is 2.18. The van der Waals surface area contributed by atoms with Crippen molar-refractivity contribution in [1.82, 2.24) is 10.3 Å². The fourth-order valence-electron chi connectivity index (χ4n) is 1.38. The molecule has 0 aliphatic heterocycles. The highest BCUT2D eigenvalue weighted by atomic mass is 16.1. The highest BCUT2D eigenvalue weighted by molar-refractivity contribution is 5.91. The maximum atomic E-state index is 11.7. The normalized spacial score (nSPS) is 11.3. The summed E-state index contributed by atoms with van der Waals surface area (Å²) < 4.78 is 0. The van der Waals surface area contributed by atoms with Crippen molar-refractivity contribution < 1.29 is 4.79 Å². The minimum Gasteiger partial charge on any atom is -0.324 e. The van der Waals surface area contributed by atoms with E-state index in [0.717, 1.165) is 11.4 Å². The Labute approximate surface area is 103 Å². The van der Waals surface area contributed by atoms with Gasteiger partial charge in [-0.15, -0.1) is 0 Å². The Bertz CT molecular complexity index is 382. The topological polar surface area (TPSA) is 54.0 Å². The molecule has 0 radical (unpaired) electrons. The van der Waals surface area contributed by atoms with Crippen LogP contribution in [0, 0.1) is 6.92 Å². The molecule has 0 saturated heterocycles. The van der Waals surface area contributed by atoms with E-state index in [1.165, 1.54) is 0 Å². The lowest BCUT2D eigenvalue weighted by molar-refractivity contribution is -0.116. The molecule has 0 spiro atoms. The van der Waals surface area contributed by atoms with Crippen LogP contribution in [0.25, 0.3) is 0 Å². The van der Waals surface area contributed by atoms with Crippen LogP contribution in [-0.4, -0.2) is 23.0 Å². The number of carbonyl (C=O) groups is 1. The predicted octanol–water partition coefficient (Wildman–Crippen LogP) is 2.11. The van der Waals surface area contributed by atoms with Crippen molar-refractivity contribution in [2.75, 3.05) is 11.9 Å². The average molecular weight is 235 g/mol. The first-order valence-electron chi connectivity index (χ1n) is 5.85. The largest absolute Gasteiger partial charge is 0.324 e. The zero-order chi connectivity index (χ0) is 12.9. The second kappa shape index (κ2) is 5.77. The van der Waals surface area contributed by atoms with Gasteiger partial charge in [-0.1, -0.05) is 0 Å². The van der Waals surface area contributed by atoms with E-state index in [1.54, 1.807) is 6.20 Å². The van der Waals surface area contributed by atoms with Crippen LogP contribution in [-0.2, 0) is 4.79 Å². The van der Waals surface area contributed by atoms with E-state index in [1.807, 2.05) is 19.1 Å². The molecule has 1 heterocycles. The molecule has 1 aromatic heterocycles. The highest BCUT2D eigenvalue weighted by Crippen LogP contribution is 2.10. The molecule has 0 bridgehead atoms. The van der Waals surface area contributed by atoms with E-state index in [4.69, 9.17) is 0 Å². The van der Waals surface area contributed by atoms with Crippen LogP contribution in [0.4, 0.5) is 5.69 Å². The van der Waals surface area contributed by atoms with Crippen LogP contribution in [0.3, 0.4) is 0 Å². The minimum atomic E-state index is 0.0119. The Morgan fingerprint density at radius 3 is 2.71 bits per heavy atom. The lowest BCUT2D eigenvalue weighted by atomic mass is 10.1. The van der Waals surface area contributed by atoms with E-state index in [0.29, 0.717) is 13.0 Å². The Hall–Kier alpha value is -1.42. The smallest absolute Gasteiger partial charge is 0.225 e. The second-order valence-electron chi connectivity index (χ2n) is 5.11.